The van der Waals surface area contributed by atoms with Crippen molar-refractivity contribution in [3.05, 3.63) is 12.3 Å². The van der Waals surface area contributed by atoms with Crippen LogP contribution in [0.5, 0.6) is 0 Å². The zero-order chi connectivity index (χ0) is 9.80. The van der Waals surface area contributed by atoms with E-state index < -0.39 is 0 Å². The molecule has 1 aromatic heterocycles. The fraction of sp³-hybridized carbons (Fsp3) is 0.500. The third-order valence-electron chi connectivity index (χ3n) is 1.97. The van der Waals surface area contributed by atoms with Crippen LogP contribution < -0.4 is 5.32 Å². The highest BCUT2D eigenvalue weighted by atomic mass is 16.5. The van der Waals surface area contributed by atoms with E-state index in [1.807, 2.05) is 0 Å². The van der Waals surface area contributed by atoms with Crippen LogP contribution in [0.2, 0.25) is 0 Å². The molecule has 0 unspecified atom stereocenters. The lowest BCUT2D eigenvalue weighted by molar-refractivity contribution is 0.0564. The van der Waals surface area contributed by atoms with Crippen LogP contribution in [0.25, 0.3) is 0 Å². The highest BCUT2D eigenvalue weighted by molar-refractivity contribution is 5.88. The van der Waals surface area contributed by atoms with Crippen LogP contribution in [0.4, 0.5) is 10.6 Å². The summed E-state index contributed by atoms with van der Waals surface area (Å²) >= 11 is 0. The molecule has 2 amide bonds. The predicted molar refractivity (Wildman–Crippen MR) is 47.9 cm³/mol. The molecule has 1 fully saturated rings. The monoisotopic (exact) mass is 197 g/mol. The van der Waals surface area contributed by atoms with Gasteiger partial charge in [0, 0.05) is 19.2 Å². The lowest BCUT2D eigenvalue weighted by Crippen LogP contribution is -2.43. The molecule has 1 aliphatic rings. The standard InChI is InChI=1S/C8H11N3O3/c12-8(9-7-1-4-14-10-7)11-2-5-13-6-3-11/h1,4H,2-3,5-6H2,(H,9,10,12). The Morgan fingerprint density at radius 1 is 1.50 bits per heavy atom. The van der Waals surface area contributed by atoms with E-state index in [2.05, 4.69) is 15.0 Å². The molecule has 0 spiro atoms. The van der Waals surface area contributed by atoms with Gasteiger partial charge >= 0.3 is 6.03 Å². The maximum atomic E-state index is 11.5. The van der Waals surface area contributed by atoms with Gasteiger partial charge in [-0.3, -0.25) is 5.32 Å². The summed E-state index contributed by atoms with van der Waals surface area (Å²) in [6.07, 6.45) is 1.41. The second kappa shape index (κ2) is 4.10. The Morgan fingerprint density at radius 3 is 2.93 bits per heavy atom. The number of carbonyl (C=O) groups excluding carboxylic acids is 1. The number of hydrogen-bond acceptors (Lipinski definition) is 4. The number of urea groups is 1. The van der Waals surface area contributed by atoms with Gasteiger partial charge in [0.1, 0.15) is 6.26 Å². The van der Waals surface area contributed by atoms with E-state index in [1.165, 1.54) is 6.26 Å². The van der Waals surface area contributed by atoms with Gasteiger partial charge in [0.25, 0.3) is 0 Å². The van der Waals surface area contributed by atoms with E-state index in [4.69, 9.17) is 4.74 Å². The van der Waals surface area contributed by atoms with Crippen molar-refractivity contribution < 1.29 is 14.1 Å². The van der Waals surface area contributed by atoms with Crippen molar-refractivity contribution in [3.63, 3.8) is 0 Å². The van der Waals surface area contributed by atoms with E-state index in [-0.39, 0.29) is 6.03 Å². The van der Waals surface area contributed by atoms with Crippen LogP contribution in [-0.4, -0.2) is 42.4 Å². The average Bonchev–Trinajstić information content (AvgIpc) is 2.72. The fourth-order valence-electron chi connectivity index (χ4n) is 1.23. The average molecular weight is 197 g/mol. The molecule has 14 heavy (non-hydrogen) atoms. The van der Waals surface area contributed by atoms with Crippen molar-refractivity contribution >= 4 is 11.8 Å². The summed E-state index contributed by atoms with van der Waals surface area (Å²) in [7, 11) is 0. The topological polar surface area (TPSA) is 67.6 Å². The second-order valence-corrected chi connectivity index (χ2v) is 2.91. The Morgan fingerprint density at radius 2 is 2.29 bits per heavy atom. The van der Waals surface area contributed by atoms with Crippen LogP contribution in [0.3, 0.4) is 0 Å². The molecule has 1 aromatic rings. The molecule has 0 atom stereocenters. The quantitative estimate of drug-likeness (QED) is 0.713. The lowest BCUT2D eigenvalue weighted by Gasteiger charge is -2.26. The number of morpholine rings is 1. The summed E-state index contributed by atoms with van der Waals surface area (Å²) in [6, 6.07) is 1.43. The van der Waals surface area contributed by atoms with Gasteiger partial charge in [0.2, 0.25) is 0 Å². The SMILES string of the molecule is O=C(Nc1ccon1)N1CCOCC1. The summed E-state index contributed by atoms with van der Waals surface area (Å²) in [5.41, 5.74) is 0. The molecule has 2 heterocycles. The summed E-state index contributed by atoms with van der Waals surface area (Å²) in [5.74, 6) is 0.432. The molecule has 1 N–H and O–H groups in total. The van der Waals surface area contributed by atoms with E-state index in [0.717, 1.165) is 0 Å². The van der Waals surface area contributed by atoms with Crippen LogP contribution >= 0.6 is 0 Å². The van der Waals surface area contributed by atoms with Gasteiger partial charge in [0.05, 0.1) is 13.2 Å². The molecule has 6 nitrogen and oxygen atoms in total. The van der Waals surface area contributed by atoms with Crippen LogP contribution in [-0.2, 0) is 4.74 Å². The lowest BCUT2D eigenvalue weighted by atomic mass is 10.4. The van der Waals surface area contributed by atoms with Gasteiger partial charge in [0.15, 0.2) is 5.82 Å². The minimum Gasteiger partial charge on any atom is -0.378 e. The molecule has 6 heteroatoms. The van der Waals surface area contributed by atoms with Crippen LogP contribution in [0.15, 0.2) is 16.9 Å². The zero-order valence-corrected chi connectivity index (χ0v) is 7.60. The molecule has 0 saturated carbocycles. The smallest absolute Gasteiger partial charge is 0.323 e. The number of carbonyl (C=O) groups is 1. The summed E-state index contributed by atoms with van der Waals surface area (Å²) in [4.78, 5) is 13.2. The second-order valence-electron chi connectivity index (χ2n) is 2.91. The first kappa shape index (κ1) is 9.01. The van der Waals surface area contributed by atoms with Gasteiger partial charge in [-0.05, 0) is 0 Å². The van der Waals surface area contributed by atoms with Gasteiger partial charge in [-0.1, -0.05) is 5.16 Å². The minimum absolute atomic E-state index is 0.165. The first-order chi connectivity index (χ1) is 6.86. The normalized spacial score (nSPS) is 16.7. The molecule has 76 valence electrons. The van der Waals surface area contributed by atoms with Crippen LogP contribution in [0, 0.1) is 0 Å². The summed E-state index contributed by atoms with van der Waals surface area (Å²) in [6.45, 7) is 2.41. The van der Waals surface area contributed by atoms with Gasteiger partial charge < -0.3 is 14.2 Å². The summed E-state index contributed by atoms with van der Waals surface area (Å²) in [5, 5.41) is 6.20. The number of nitrogens with one attached hydrogen (secondary N) is 1. The molecular formula is C8H11N3O3. The number of ether oxygens (including phenoxy) is 1. The van der Waals surface area contributed by atoms with Crippen LogP contribution in [0.1, 0.15) is 0 Å². The molecule has 0 bridgehead atoms. The molecule has 1 saturated heterocycles. The third-order valence-corrected chi connectivity index (χ3v) is 1.97. The first-order valence-electron chi connectivity index (χ1n) is 4.40. The predicted octanol–water partition coefficient (Wildman–Crippen LogP) is 0.539. The van der Waals surface area contributed by atoms with Crippen molar-refractivity contribution in [3.8, 4) is 0 Å². The third kappa shape index (κ3) is 2.02. The van der Waals surface area contributed by atoms with Gasteiger partial charge in [-0.15, -0.1) is 0 Å². The van der Waals surface area contributed by atoms with Crippen molar-refractivity contribution in [2.24, 2.45) is 0 Å². The van der Waals surface area contributed by atoms with E-state index >= 15 is 0 Å². The Bertz CT molecular complexity index is 293. The first-order valence-corrected chi connectivity index (χ1v) is 4.40. The molecule has 0 radical (unpaired) electrons. The van der Waals surface area contributed by atoms with Crippen molar-refractivity contribution in [1.82, 2.24) is 10.1 Å². The number of nitrogens with zero attached hydrogens (tertiary/aromatic N) is 2. The molecular weight excluding hydrogens is 186 g/mol. The minimum atomic E-state index is -0.165. The largest absolute Gasteiger partial charge is 0.378 e. The van der Waals surface area contributed by atoms with Gasteiger partial charge in [-0.25, -0.2) is 4.79 Å². The molecule has 2 rings (SSSR count). The number of hydrogen-bond donors (Lipinski definition) is 1. The maximum absolute atomic E-state index is 11.5. The molecule has 0 aliphatic carbocycles. The zero-order valence-electron chi connectivity index (χ0n) is 7.60. The molecule has 1 aliphatic heterocycles. The maximum Gasteiger partial charge on any atom is 0.323 e. The highest BCUT2D eigenvalue weighted by Gasteiger charge is 2.17. The Balaban J connectivity index is 1.88. The van der Waals surface area contributed by atoms with E-state index in [9.17, 15) is 4.79 Å². The highest BCUT2D eigenvalue weighted by Crippen LogP contribution is 2.04. The number of rotatable bonds is 1. The number of anilines is 1. The van der Waals surface area contributed by atoms with E-state index in [0.29, 0.717) is 32.1 Å². The van der Waals surface area contributed by atoms with Crippen molar-refractivity contribution in [2.45, 2.75) is 0 Å². The van der Waals surface area contributed by atoms with E-state index in [1.54, 1.807) is 11.0 Å². The molecule has 0 aromatic carbocycles. The number of amides is 2. The summed E-state index contributed by atoms with van der Waals surface area (Å²) < 4.78 is 9.72. The fourth-order valence-corrected chi connectivity index (χ4v) is 1.23. The Kier molecular flexibility index (Phi) is 2.64. The Hall–Kier alpha value is -1.56. The van der Waals surface area contributed by atoms with Crippen molar-refractivity contribution in [1.29, 1.82) is 0 Å². The van der Waals surface area contributed by atoms with Crippen molar-refractivity contribution in [2.75, 3.05) is 31.6 Å². The Labute approximate surface area is 80.8 Å². The number of aromatic nitrogens is 1. The van der Waals surface area contributed by atoms with Gasteiger partial charge in [-0.2, -0.15) is 0 Å².